The second kappa shape index (κ2) is 7.87. The van der Waals surface area contributed by atoms with Crippen molar-refractivity contribution in [3.05, 3.63) is 65.9 Å². The van der Waals surface area contributed by atoms with E-state index in [4.69, 9.17) is 0 Å². The Bertz CT molecular complexity index is 912. The highest BCUT2D eigenvalue weighted by molar-refractivity contribution is 5.94. The molecule has 0 spiro atoms. The summed E-state index contributed by atoms with van der Waals surface area (Å²) in [5.74, 6) is -0.244. The SMILES string of the molecule is Cc1ccc(NC(=O)CN(C)C(=O)CCc2c[nH]c3ccccc23)cc1. The third-order valence-electron chi connectivity index (χ3n) is 4.42. The normalized spacial score (nSPS) is 10.7. The minimum absolute atomic E-state index is 0.0423. The summed E-state index contributed by atoms with van der Waals surface area (Å²) in [6.07, 6.45) is 2.96. The van der Waals surface area contributed by atoms with Crippen molar-refractivity contribution in [3.8, 4) is 0 Å². The average molecular weight is 349 g/mol. The molecule has 2 N–H and O–H groups in total. The van der Waals surface area contributed by atoms with Gasteiger partial charge in [-0.3, -0.25) is 9.59 Å². The van der Waals surface area contributed by atoms with Crippen molar-refractivity contribution in [2.45, 2.75) is 19.8 Å². The van der Waals surface area contributed by atoms with Crippen molar-refractivity contribution < 1.29 is 9.59 Å². The van der Waals surface area contributed by atoms with Crippen molar-refractivity contribution in [2.24, 2.45) is 0 Å². The first kappa shape index (κ1) is 17.7. The van der Waals surface area contributed by atoms with Gasteiger partial charge in [0.15, 0.2) is 0 Å². The molecule has 0 atom stereocenters. The molecule has 0 radical (unpaired) electrons. The van der Waals surface area contributed by atoms with Crippen LogP contribution in [0, 0.1) is 6.92 Å². The van der Waals surface area contributed by atoms with Gasteiger partial charge < -0.3 is 15.2 Å². The van der Waals surface area contributed by atoms with Crippen LogP contribution in [0.1, 0.15) is 17.5 Å². The Labute approximate surface area is 153 Å². The maximum absolute atomic E-state index is 12.3. The van der Waals surface area contributed by atoms with E-state index in [0.717, 1.165) is 27.7 Å². The average Bonchev–Trinajstić information content (AvgIpc) is 3.04. The molecule has 0 fully saturated rings. The molecular weight excluding hydrogens is 326 g/mol. The van der Waals surface area contributed by atoms with Crippen LogP contribution in [-0.4, -0.2) is 35.3 Å². The Balaban J connectivity index is 1.51. The summed E-state index contributed by atoms with van der Waals surface area (Å²) >= 11 is 0. The third-order valence-corrected chi connectivity index (χ3v) is 4.42. The number of rotatable bonds is 6. The Hall–Kier alpha value is -3.08. The molecule has 0 aliphatic rings. The molecule has 3 aromatic rings. The van der Waals surface area contributed by atoms with Crippen LogP contribution in [0.25, 0.3) is 10.9 Å². The highest BCUT2D eigenvalue weighted by atomic mass is 16.2. The van der Waals surface area contributed by atoms with Crippen molar-refractivity contribution in [2.75, 3.05) is 18.9 Å². The topological polar surface area (TPSA) is 65.2 Å². The summed E-state index contributed by atoms with van der Waals surface area (Å²) in [5, 5.41) is 3.95. The monoisotopic (exact) mass is 349 g/mol. The number of aromatic nitrogens is 1. The molecule has 2 aromatic carbocycles. The van der Waals surface area contributed by atoms with Gasteiger partial charge in [0.2, 0.25) is 11.8 Å². The highest BCUT2D eigenvalue weighted by Crippen LogP contribution is 2.19. The molecule has 0 saturated carbocycles. The van der Waals surface area contributed by atoms with Gasteiger partial charge in [0.25, 0.3) is 0 Å². The van der Waals surface area contributed by atoms with Crippen LogP contribution in [-0.2, 0) is 16.0 Å². The summed E-state index contributed by atoms with van der Waals surface area (Å²) < 4.78 is 0. The second-order valence-electron chi connectivity index (χ2n) is 6.52. The highest BCUT2D eigenvalue weighted by Gasteiger charge is 2.14. The van der Waals surface area contributed by atoms with Crippen LogP contribution in [0.5, 0.6) is 0 Å². The molecule has 0 aliphatic heterocycles. The first-order valence-corrected chi connectivity index (χ1v) is 8.68. The number of hydrogen-bond acceptors (Lipinski definition) is 2. The number of para-hydroxylation sites is 1. The Morgan fingerprint density at radius 1 is 1.08 bits per heavy atom. The van der Waals surface area contributed by atoms with E-state index in [1.807, 2.05) is 61.7 Å². The number of carbonyl (C=O) groups is 2. The predicted molar refractivity (Wildman–Crippen MR) is 104 cm³/mol. The number of nitrogens with one attached hydrogen (secondary N) is 2. The largest absolute Gasteiger partial charge is 0.361 e. The van der Waals surface area contributed by atoms with Gasteiger partial charge in [-0.1, -0.05) is 35.9 Å². The summed E-state index contributed by atoms with van der Waals surface area (Å²) in [6, 6.07) is 15.6. The lowest BCUT2D eigenvalue weighted by Gasteiger charge is -2.17. The van der Waals surface area contributed by atoms with Crippen LogP contribution >= 0.6 is 0 Å². The summed E-state index contributed by atoms with van der Waals surface area (Å²) in [7, 11) is 1.66. The van der Waals surface area contributed by atoms with Gasteiger partial charge in [-0.2, -0.15) is 0 Å². The molecule has 134 valence electrons. The first-order chi connectivity index (χ1) is 12.5. The molecular formula is C21H23N3O2. The summed E-state index contributed by atoms with van der Waals surface area (Å²) in [6.45, 7) is 2.03. The molecule has 1 heterocycles. The number of aromatic amines is 1. The zero-order chi connectivity index (χ0) is 18.5. The molecule has 5 heteroatoms. The molecule has 0 saturated heterocycles. The lowest BCUT2D eigenvalue weighted by molar-refractivity contribution is -0.133. The van der Waals surface area contributed by atoms with Gasteiger partial charge in [-0.05, 0) is 37.1 Å². The van der Waals surface area contributed by atoms with Crippen molar-refractivity contribution in [3.63, 3.8) is 0 Å². The summed E-state index contributed by atoms with van der Waals surface area (Å²) in [5.41, 5.74) is 4.06. The van der Waals surface area contributed by atoms with Crippen molar-refractivity contribution in [1.82, 2.24) is 9.88 Å². The second-order valence-corrected chi connectivity index (χ2v) is 6.52. The molecule has 1 aromatic heterocycles. The van der Waals surface area contributed by atoms with Gasteiger partial charge in [-0.15, -0.1) is 0 Å². The number of carbonyl (C=O) groups excluding carboxylic acids is 2. The van der Waals surface area contributed by atoms with Crippen LogP contribution in [0.15, 0.2) is 54.7 Å². The number of aryl methyl sites for hydroxylation is 2. The lowest BCUT2D eigenvalue weighted by Crippen LogP contribution is -2.35. The van der Waals surface area contributed by atoms with E-state index in [2.05, 4.69) is 10.3 Å². The number of H-pyrrole nitrogens is 1. The number of nitrogens with zero attached hydrogens (tertiary/aromatic N) is 1. The summed E-state index contributed by atoms with van der Waals surface area (Å²) in [4.78, 5) is 29.1. The van der Waals surface area contributed by atoms with Crippen molar-refractivity contribution >= 4 is 28.4 Å². The molecule has 0 unspecified atom stereocenters. The van der Waals surface area contributed by atoms with Crippen LogP contribution < -0.4 is 5.32 Å². The number of fused-ring (bicyclic) bond motifs is 1. The fourth-order valence-electron chi connectivity index (χ4n) is 2.91. The van der Waals surface area contributed by atoms with Crippen LogP contribution in [0.2, 0.25) is 0 Å². The van der Waals surface area contributed by atoms with E-state index in [1.165, 1.54) is 4.90 Å². The van der Waals surface area contributed by atoms with E-state index in [-0.39, 0.29) is 18.4 Å². The fourth-order valence-corrected chi connectivity index (χ4v) is 2.91. The minimum Gasteiger partial charge on any atom is -0.361 e. The molecule has 0 aliphatic carbocycles. The molecule has 0 bridgehead atoms. The van der Waals surface area contributed by atoms with Gasteiger partial charge in [-0.25, -0.2) is 0 Å². The molecule has 5 nitrogen and oxygen atoms in total. The maximum Gasteiger partial charge on any atom is 0.243 e. The maximum atomic E-state index is 12.3. The van der Waals surface area contributed by atoms with E-state index >= 15 is 0 Å². The number of anilines is 1. The van der Waals surface area contributed by atoms with Crippen LogP contribution in [0.3, 0.4) is 0 Å². The van der Waals surface area contributed by atoms with E-state index < -0.39 is 0 Å². The Kier molecular flexibility index (Phi) is 5.37. The predicted octanol–water partition coefficient (Wildman–Crippen LogP) is 3.51. The van der Waals surface area contributed by atoms with Gasteiger partial charge >= 0.3 is 0 Å². The lowest BCUT2D eigenvalue weighted by atomic mass is 10.1. The van der Waals surface area contributed by atoms with Gasteiger partial charge in [0.05, 0.1) is 6.54 Å². The van der Waals surface area contributed by atoms with E-state index in [9.17, 15) is 9.59 Å². The fraction of sp³-hybridized carbons (Fsp3) is 0.238. The standard InChI is InChI=1S/C21H23N3O2/c1-15-7-10-17(11-8-15)23-20(25)14-24(2)21(26)12-9-16-13-22-19-6-4-3-5-18(16)19/h3-8,10-11,13,22H,9,12,14H2,1-2H3,(H,23,25). The smallest absolute Gasteiger partial charge is 0.243 e. The van der Waals surface area contributed by atoms with Crippen LogP contribution in [0.4, 0.5) is 5.69 Å². The third kappa shape index (κ3) is 4.30. The van der Waals surface area contributed by atoms with Gasteiger partial charge in [0, 0.05) is 36.3 Å². The number of hydrogen-bond donors (Lipinski definition) is 2. The molecule has 26 heavy (non-hydrogen) atoms. The number of benzene rings is 2. The molecule has 3 rings (SSSR count). The molecule has 2 amide bonds. The Morgan fingerprint density at radius 3 is 2.58 bits per heavy atom. The zero-order valence-corrected chi connectivity index (χ0v) is 15.1. The van der Waals surface area contributed by atoms with Crippen molar-refractivity contribution in [1.29, 1.82) is 0 Å². The van der Waals surface area contributed by atoms with E-state index in [0.29, 0.717) is 12.8 Å². The number of likely N-dealkylation sites (N-methyl/N-ethyl adjacent to an activating group) is 1. The Morgan fingerprint density at radius 2 is 1.81 bits per heavy atom. The minimum atomic E-state index is -0.197. The zero-order valence-electron chi connectivity index (χ0n) is 15.1. The number of amides is 2. The van der Waals surface area contributed by atoms with Gasteiger partial charge in [0.1, 0.15) is 0 Å². The van der Waals surface area contributed by atoms with E-state index in [1.54, 1.807) is 7.05 Å². The quantitative estimate of drug-likeness (QED) is 0.715. The first-order valence-electron chi connectivity index (χ1n) is 8.68.